The number of rotatable bonds is 7. The molecule has 1 saturated heterocycles. The van der Waals surface area contributed by atoms with E-state index in [9.17, 15) is 4.79 Å². The highest BCUT2D eigenvalue weighted by molar-refractivity contribution is 5.91. The first-order chi connectivity index (χ1) is 15.2. The van der Waals surface area contributed by atoms with Crippen molar-refractivity contribution in [3.05, 3.63) is 48.7 Å². The third kappa shape index (κ3) is 4.94. The molecule has 162 valence electrons. The van der Waals surface area contributed by atoms with Gasteiger partial charge in [0, 0.05) is 43.3 Å². The van der Waals surface area contributed by atoms with E-state index in [0.29, 0.717) is 12.4 Å². The van der Waals surface area contributed by atoms with Crippen LogP contribution in [0, 0.1) is 0 Å². The molecule has 31 heavy (non-hydrogen) atoms. The van der Waals surface area contributed by atoms with Gasteiger partial charge in [-0.3, -0.25) is 4.98 Å². The number of esters is 1. The van der Waals surface area contributed by atoms with E-state index in [1.807, 2.05) is 36.5 Å². The van der Waals surface area contributed by atoms with Gasteiger partial charge in [0.1, 0.15) is 11.3 Å². The molecule has 1 aliphatic rings. The minimum absolute atomic E-state index is 0.0963. The summed E-state index contributed by atoms with van der Waals surface area (Å²) < 4.78 is 10.4. The van der Waals surface area contributed by atoms with Gasteiger partial charge in [0.05, 0.1) is 12.3 Å². The number of benzene rings is 1. The number of aromatic nitrogens is 2. The van der Waals surface area contributed by atoms with E-state index in [0.717, 1.165) is 60.7 Å². The number of anilines is 1. The number of hydrogen-bond donors (Lipinski definition) is 0. The minimum Gasteiger partial charge on any atom is -0.482 e. The summed E-state index contributed by atoms with van der Waals surface area (Å²) in [6, 6.07) is 13.7. The fourth-order valence-electron chi connectivity index (χ4n) is 3.78. The van der Waals surface area contributed by atoms with Crippen molar-refractivity contribution in [3.63, 3.8) is 0 Å². The fraction of sp³-hybridized carbons (Fsp3) is 0.375. The largest absolute Gasteiger partial charge is 0.482 e. The number of ether oxygens (including phenoxy) is 2. The summed E-state index contributed by atoms with van der Waals surface area (Å²) in [5.41, 5.74) is 2.82. The van der Waals surface area contributed by atoms with E-state index >= 15 is 0 Å². The summed E-state index contributed by atoms with van der Waals surface area (Å²) in [6.07, 6.45) is 1.82. The van der Waals surface area contributed by atoms with Gasteiger partial charge in [-0.1, -0.05) is 13.0 Å². The van der Waals surface area contributed by atoms with Crippen molar-refractivity contribution in [3.8, 4) is 17.0 Å². The zero-order valence-corrected chi connectivity index (χ0v) is 18.1. The Labute approximate surface area is 182 Å². The third-order valence-electron chi connectivity index (χ3n) is 5.50. The molecule has 0 N–H and O–H groups in total. The standard InChI is InChI=1S/C24H28N4O3/c1-3-27-12-14-28(15-13-27)24-23-19(6-5-11-25-23)16-21(26-24)18-7-9-20(10-8-18)31-17-22(29)30-4-2/h5-11,16H,3-4,12-15,17H2,1-2H3. The highest BCUT2D eigenvalue weighted by Crippen LogP contribution is 2.30. The quantitative estimate of drug-likeness (QED) is 0.543. The molecule has 7 heteroatoms. The molecule has 0 amide bonds. The number of pyridine rings is 2. The summed E-state index contributed by atoms with van der Waals surface area (Å²) in [4.78, 5) is 25.9. The topological polar surface area (TPSA) is 67.8 Å². The predicted octanol–water partition coefficient (Wildman–Crippen LogP) is 3.38. The van der Waals surface area contributed by atoms with Gasteiger partial charge >= 0.3 is 5.97 Å². The molecule has 3 aromatic rings. The third-order valence-corrected chi connectivity index (χ3v) is 5.50. The van der Waals surface area contributed by atoms with Crippen molar-refractivity contribution in [2.24, 2.45) is 0 Å². The van der Waals surface area contributed by atoms with Crippen molar-refractivity contribution in [1.82, 2.24) is 14.9 Å². The lowest BCUT2D eigenvalue weighted by molar-refractivity contribution is -0.145. The Bertz CT molecular complexity index is 1030. The van der Waals surface area contributed by atoms with Gasteiger partial charge < -0.3 is 19.3 Å². The normalized spacial score (nSPS) is 14.6. The summed E-state index contributed by atoms with van der Waals surface area (Å²) in [6.45, 7) is 9.24. The summed E-state index contributed by atoms with van der Waals surface area (Å²) >= 11 is 0. The molecule has 7 nitrogen and oxygen atoms in total. The van der Waals surface area contributed by atoms with Gasteiger partial charge in [-0.15, -0.1) is 0 Å². The molecule has 0 spiro atoms. The van der Waals surface area contributed by atoms with Crippen LogP contribution in [0.5, 0.6) is 5.75 Å². The maximum atomic E-state index is 11.5. The molecule has 0 atom stereocenters. The molecular weight excluding hydrogens is 392 g/mol. The van der Waals surface area contributed by atoms with Crippen molar-refractivity contribution >= 4 is 22.7 Å². The monoisotopic (exact) mass is 420 g/mol. The van der Waals surface area contributed by atoms with Crippen molar-refractivity contribution in [1.29, 1.82) is 0 Å². The van der Waals surface area contributed by atoms with Crippen LogP contribution in [0.1, 0.15) is 13.8 Å². The van der Waals surface area contributed by atoms with Crippen LogP contribution in [0.4, 0.5) is 5.82 Å². The molecule has 0 aliphatic carbocycles. The lowest BCUT2D eigenvalue weighted by Crippen LogP contribution is -2.46. The second kappa shape index (κ2) is 9.75. The Balaban J connectivity index is 1.59. The van der Waals surface area contributed by atoms with Gasteiger partial charge in [-0.05, 0) is 49.9 Å². The first-order valence-corrected chi connectivity index (χ1v) is 10.8. The number of likely N-dealkylation sites (N-methyl/N-ethyl adjacent to an activating group) is 1. The Morgan fingerprint density at radius 2 is 1.84 bits per heavy atom. The van der Waals surface area contributed by atoms with Gasteiger partial charge in [-0.2, -0.15) is 0 Å². The molecule has 2 aromatic heterocycles. The second-order valence-corrected chi connectivity index (χ2v) is 7.45. The number of piperazine rings is 1. The molecule has 1 fully saturated rings. The van der Waals surface area contributed by atoms with E-state index in [-0.39, 0.29) is 12.6 Å². The van der Waals surface area contributed by atoms with Crippen LogP contribution >= 0.6 is 0 Å². The van der Waals surface area contributed by atoms with Crippen LogP contribution in [0.25, 0.3) is 22.2 Å². The maximum absolute atomic E-state index is 11.5. The predicted molar refractivity (Wildman–Crippen MR) is 121 cm³/mol. The van der Waals surface area contributed by atoms with E-state index in [4.69, 9.17) is 14.5 Å². The number of carbonyl (C=O) groups excluding carboxylic acids is 1. The highest BCUT2D eigenvalue weighted by Gasteiger charge is 2.20. The zero-order chi connectivity index (χ0) is 21.6. The lowest BCUT2D eigenvalue weighted by atomic mass is 10.1. The van der Waals surface area contributed by atoms with Crippen LogP contribution in [-0.4, -0.2) is 66.8 Å². The van der Waals surface area contributed by atoms with Gasteiger partial charge in [0.2, 0.25) is 0 Å². The van der Waals surface area contributed by atoms with Crippen LogP contribution in [-0.2, 0) is 9.53 Å². The average Bonchev–Trinajstić information content (AvgIpc) is 2.82. The van der Waals surface area contributed by atoms with Crippen LogP contribution in [0.3, 0.4) is 0 Å². The molecule has 0 bridgehead atoms. The molecule has 3 heterocycles. The van der Waals surface area contributed by atoms with Gasteiger partial charge in [-0.25, -0.2) is 9.78 Å². The average molecular weight is 421 g/mol. The fourth-order valence-corrected chi connectivity index (χ4v) is 3.78. The van der Waals surface area contributed by atoms with Crippen molar-refractivity contribution in [2.75, 3.05) is 50.8 Å². The first-order valence-electron chi connectivity index (χ1n) is 10.8. The summed E-state index contributed by atoms with van der Waals surface area (Å²) in [5, 5.41) is 1.07. The maximum Gasteiger partial charge on any atom is 0.344 e. The van der Waals surface area contributed by atoms with Gasteiger partial charge in [0.25, 0.3) is 0 Å². The Kier molecular flexibility index (Phi) is 6.62. The smallest absolute Gasteiger partial charge is 0.344 e. The van der Waals surface area contributed by atoms with E-state index in [1.165, 1.54) is 0 Å². The van der Waals surface area contributed by atoms with Crippen LogP contribution < -0.4 is 9.64 Å². The number of carbonyl (C=O) groups is 1. The second-order valence-electron chi connectivity index (χ2n) is 7.45. The van der Waals surface area contributed by atoms with Crippen LogP contribution in [0.2, 0.25) is 0 Å². The highest BCUT2D eigenvalue weighted by atomic mass is 16.6. The SMILES string of the molecule is CCOC(=O)COc1ccc(-c2cc3cccnc3c(N3CCN(CC)CC3)n2)cc1. The Morgan fingerprint density at radius 1 is 1.06 bits per heavy atom. The first kappa shape index (κ1) is 21.1. The van der Waals surface area contributed by atoms with Gasteiger partial charge in [0.15, 0.2) is 12.4 Å². The Hall–Kier alpha value is -3.19. The number of fused-ring (bicyclic) bond motifs is 1. The zero-order valence-electron chi connectivity index (χ0n) is 18.1. The molecule has 4 rings (SSSR count). The number of nitrogens with zero attached hydrogens (tertiary/aromatic N) is 4. The van der Waals surface area contributed by atoms with E-state index < -0.39 is 0 Å². The number of hydrogen-bond acceptors (Lipinski definition) is 7. The summed E-state index contributed by atoms with van der Waals surface area (Å²) in [5.74, 6) is 1.18. The van der Waals surface area contributed by atoms with Crippen LogP contribution in [0.15, 0.2) is 48.7 Å². The Morgan fingerprint density at radius 3 is 2.55 bits per heavy atom. The lowest BCUT2D eigenvalue weighted by Gasteiger charge is -2.35. The molecular formula is C24H28N4O3. The molecule has 0 radical (unpaired) electrons. The van der Waals surface area contributed by atoms with Crippen molar-refractivity contribution < 1.29 is 14.3 Å². The van der Waals surface area contributed by atoms with Crippen molar-refractivity contribution in [2.45, 2.75) is 13.8 Å². The molecule has 0 unspecified atom stereocenters. The minimum atomic E-state index is -0.372. The molecule has 0 saturated carbocycles. The summed E-state index contributed by atoms with van der Waals surface area (Å²) in [7, 11) is 0. The molecule has 1 aromatic carbocycles. The van der Waals surface area contributed by atoms with E-state index in [2.05, 4.69) is 33.8 Å². The molecule has 1 aliphatic heterocycles. The van der Waals surface area contributed by atoms with E-state index in [1.54, 1.807) is 6.92 Å².